The van der Waals surface area contributed by atoms with Crippen LogP contribution in [-0.4, -0.2) is 16.1 Å². The lowest BCUT2D eigenvalue weighted by Crippen LogP contribution is -2.18. The van der Waals surface area contributed by atoms with Gasteiger partial charge in [-0.25, -0.2) is 9.97 Å². The Hall–Kier alpha value is -1.12. The minimum Gasteiger partial charge on any atom is -0.460 e. The second kappa shape index (κ2) is 14.5. The van der Waals surface area contributed by atoms with Gasteiger partial charge in [-0.05, 0) is 31.7 Å². The highest BCUT2D eigenvalue weighted by Gasteiger charge is 2.11. The summed E-state index contributed by atoms with van der Waals surface area (Å²) in [6, 6.07) is 2.37. The monoisotopic (exact) mass is 320 g/mol. The Morgan fingerprint density at radius 3 is 1.74 bits per heavy atom. The van der Waals surface area contributed by atoms with E-state index < -0.39 is 0 Å². The Morgan fingerprint density at radius 2 is 1.22 bits per heavy atom. The van der Waals surface area contributed by atoms with E-state index in [1.54, 1.807) is 12.4 Å². The van der Waals surface area contributed by atoms with Gasteiger partial charge in [0, 0.05) is 12.4 Å². The average Bonchev–Trinajstić information content (AvgIpc) is 2.58. The van der Waals surface area contributed by atoms with Crippen molar-refractivity contribution in [3.8, 4) is 6.01 Å². The largest absolute Gasteiger partial charge is 0.460 e. The molecular formula is C20H36N2O. The molecule has 0 aliphatic rings. The minimum absolute atomic E-state index is 0.283. The van der Waals surface area contributed by atoms with E-state index >= 15 is 0 Å². The van der Waals surface area contributed by atoms with Crippen molar-refractivity contribution in [1.29, 1.82) is 0 Å². The van der Waals surface area contributed by atoms with Crippen LogP contribution >= 0.6 is 0 Å². The quantitative estimate of drug-likeness (QED) is 0.354. The normalized spacial score (nSPS) is 12.3. The van der Waals surface area contributed by atoms with Crippen LogP contribution < -0.4 is 4.74 Å². The molecule has 3 nitrogen and oxygen atoms in total. The molecule has 0 saturated heterocycles. The summed E-state index contributed by atoms with van der Waals surface area (Å²) in [4.78, 5) is 8.42. The highest BCUT2D eigenvalue weighted by atomic mass is 16.5. The lowest BCUT2D eigenvalue weighted by atomic mass is 10.0. The average molecular weight is 321 g/mol. The van der Waals surface area contributed by atoms with Crippen molar-refractivity contribution in [2.24, 2.45) is 0 Å². The first-order chi connectivity index (χ1) is 11.4. The van der Waals surface area contributed by atoms with Crippen molar-refractivity contribution in [1.82, 2.24) is 9.97 Å². The van der Waals surface area contributed by atoms with Gasteiger partial charge in [-0.1, -0.05) is 71.6 Å². The fourth-order valence-electron chi connectivity index (χ4n) is 2.89. The molecule has 1 atom stereocenters. The van der Waals surface area contributed by atoms with Crippen LogP contribution in [0.1, 0.15) is 97.3 Å². The van der Waals surface area contributed by atoms with Crippen LogP contribution in [0.4, 0.5) is 0 Å². The zero-order valence-corrected chi connectivity index (χ0v) is 15.3. The number of hydrogen-bond donors (Lipinski definition) is 0. The molecule has 1 aromatic heterocycles. The van der Waals surface area contributed by atoms with E-state index in [0.29, 0.717) is 6.01 Å². The molecule has 0 fully saturated rings. The van der Waals surface area contributed by atoms with E-state index in [1.165, 1.54) is 70.6 Å². The van der Waals surface area contributed by atoms with E-state index in [1.807, 2.05) is 6.07 Å². The van der Waals surface area contributed by atoms with Gasteiger partial charge in [0.1, 0.15) is 6.10 Å². The molecule has 3 heteroatoms. The van der Waals surface area contributed by atoms with Crippen molar-refractivity contribution >= 4 is 0 Å². The van der Waals surface area contributed by atoms with Gasteiger partial charge in [-0.15, -0.1) is 0 Å². The molecule has 0 radical (unpaired) electrons. The third-order valence-electron chi connectivity index (χ3n) is 4.32. The molecule has 0 aliphatic carbocycles. The first-order valence-corrected chi connectivity index (χ1v) is 9.80. The molecule has 0 saturated carbocycles. The summed E-state index contributed by atoms with van der Waals surface area (Å²) >= 11 is 0. The Balaban J connectivity index is 2.26. The first kappa shape index (κ1) is 19.9. The number of aromatic nitrogens is 2. The lowest BCUT2D eigenvalue weighted by Gasteiger charge is -2.17. The zero-order chi connectivity index (χ0) is 16.6. The van der Waals surface area contributed by atoms with Crippen LogP contribution in [-0.2, 0) is 0 Å². The second-order valence-electron chi connectivity index (χ2n) is 6.53. The highest BCUT2D eigenvalue weighted by Crippen LogP contribution is 2.17. The van der Waals surface area contributed by atoms with Crippen molar-refractivity contribution in [3.63, 3.8) is 0 Å². The number of nitrogens with zero attached hydrogens (tertiary/aromatic N) is 2. The van der Waals surface area contributed by atoms with Gasteiger partial charge in [0.05, 0.1) is 0 Å². The van der Waals surface area contributed by atoms with Crippen LogP contribution in [0.2, 0.25) is 0 Å². The predicted molar refractivity (Wildman–Crippen MR) is 97.8 cm³/mol. The molecule has 1 rings (SSSR count). The van der Waals surface area contributed by atoms with Gasteiger partial charge in [-0.2, -0.15) is 0 Å². The lowest BCUT2D eigenvalue weighted by molar-refractivity contribution is 0.158. The summed E-state index contributed by atoms with van der Waals surface area (Å²) in [6.45, 7) is 4.53. The molecule has 0 amide bonds. The first-order valence-electron chi connectivity index (χ1n) is 9.80. The van der Waals surface area contributed by atoms with Crippen molar-refractivity contribution in [3.05, 3.63) is 18.5 Å². The number of unbranched alkanes of at least 4 members (excludes halogenated alkanes) is 9. The Bertz CT molecular complexity index is 356. The molecule has 1 unspecified atom stereocenters. The zero-order valence-electron chi connectivity index (χ0n) is 15.3. The summed E-state index contributed by atoms with van der Waals surface area (Å²) in [5.41, 5.74) is 0. The standard InChI is InChI=1S/C20H36N2O/c1-3-5-7-9-11-13-16-19(15-12-10-8-6-4-2)23-20-21-17-14-18-22-20/h14,17-19H,3-13,15-16H2,1-2H3. The van der Waals surface area contributed by atoms with E-state index in [4.69, 9.17) is 4.74 Å². The van der Waals surface area contributed by atoms with Crippen molar-refractivity contribution in [2.45, 2.75) is 103 Å². The number of ether oxygens (including phenoxy) is 1. The van der Waals surface area contributed by atoms with Gasteiger partial charge in [-0.3, -0.25) is 0 Å². The minimum atomic E-state index is 0.283. The van der Waals surface area contributed by atoms with E-state index in [9.17, 15) is 0 Å². The SMILES string of the molecule is CCCCCCCCC(CCCCCCC)Oc1ncccn1. The maximum absolute atomic E-state index is 6.03. The molecule has 0 N–H and O–H groups in total. The van der Waals surface area contributed by atoms with E-state index in [-0.39, 0.29) is 6.10 Å². The second-order valence-corrected chi connectivity index (χ2v) is 6.53. The fraction of sp³-hybridized carbons (Fsp3) is 0.800. The van der Waals surface area contributed by atoms with Crippen molar-refractivity contribution in [2.75, 3.05) is 0 Å². The molecule has 132 valence electrons. The third-order valence-corrected chi connectivity index (χ3v) is 4.32. The van der Waals surface area contributed by atoms with Gasteiger partial charge in [0.2, 0.25) is 0 Å². The number of rotatable bonds is 15. The summed E-state index contributed by atoms with van der Waals surface area (Å²) < 4.78 is 6.03. The van der Waals surface area contributed by atoms with Gasteiger partial charge < -0.3 is 4.74 Å². The summed E-state index contributed by atoms with van der Waals surface area (Å²) in [6.07, 6.45) is 20.7. The maximum atomic E-state index is 6.03. The fourth-order valence-corrected chi connectivity index (χ4v) is 2.89. The van der Waals surface area contributed by atoms with Crippen molar-refractivity contribution < 1.29 is 4.74 Å². The Morgan fingerprint density at radius 1 is 0.739 bits per heavy atom. The Kier molecular flexibility index (Phi) is 12.5. The molecule has 1 heterocycles. The van der Waals surface area contributed by atoms with E-state index in [0.717, 1.165) is 12.8 Å². The maximum Gasteiger partial charge on any atom is 0.316 e. The van der Waals surface area contributed by atoms with Crippen LogP contribution in [0.3, 0.4) is 0 Å². The van der Waals surface area contributed by atoms with E-state index in [2.05, 4.69) is 23.8 Å². The van der Waals surface area contributed by atoms with Crippen LogP contribution in [0.5, 0.6) is 6.01 Å². The van der Waals surface area contributed by atoms with Crippen LogP contribution in [0, 0.1) is 0 Å². The molecule has 23 heavy (non-hydrogen) atoms. The predicted octanol–water partition coefficient (Wildman–Crippen LogP) is 6.34. The number of hydrogen-bond acceptors (Lipinski definition) is 3. The molecule has 0 bridgehead atoms. The van der Waals surface area contributed by atoms with Crippen LogP contribution in [0.15, 0.2) is 18.5 Å². The Labute approximate surface area is 143 Å². The summed E-state index contributed by atoms with van der Waals surface area (Å²) in [5, 5.41) is 0. The van der Waals surface area contributed by atoms with Gasteiger partial charge in [0.25, 0.3) is 0 Å². The topological polar surface area (TPSA) is 35.0 Å². The van der Waals surface area contributed by atoms with Gasteiger partial charge in [0.15, 0.2) is 0 Å². The van der Waals surface area contributed by atoms with Crippen LogP contribution in [0.25, 0.3) is 0 Å². The third kappa shape index (κ3) is 11.1. The molecule has 0 aliphatic heterocycles. The smallest absolute Gasteiger partial charge is 0.316 e. The summed E-state index contributed by atoms with van der Waals surface area (Å²) in [5.74, 6) is 0. The highest BCUT2D eigenvalue weighted by molar-refractivity contribution is 4.94. The summed E-state index contributed by atoms with van der Waals surface area (Å²) in [7, 11) is 0. The van der Waals surface area contributed by atoms with Gasteiger partial charge >= 0.3 is 6.01 Å². The molecule has 1 aromatic rings. The molecule has 0 spiro atoms. The molecular weight excluding hydrogens is 284 g/mol. The molecule has 0 aromatic carbocycles.